The summed E-state index contributed by atoms with van der Waals surface area (Å²) >= 11 is 0. The molecule has 0 N–H and O–H groups in total. The summed E-state index contributed by atoms with van der Waals surface area (Å²) in [6.45, 7) is 0. The molecule has 0 aromatic heterocycles. The van der Waals surface area contributed by atoms with Gasteiger partial charge in [0, 0.05) is 37.3 Å². The largest absolute Gasteiger partial charge is 0.428 e. The molecule has 0 fully saturated rings. The average molecular weight is 400 g/mol. The summed E-state index contributed by atoms with van der Waals surface area (Å²) in [5.74, 6) is -0.482. The second-order valence-corrected chi connectivity index (χ2v) is 7.79. The Morgan fingerprint density at radius 2 is 1.72 bits per heavy atom. The van der Waals surface area contributed by atoms with E-state index in [0.29, 0.717) is 16.0 Å². The fourth-order valence-corrected chi connectivity index (χ4v) is 6.21. The van der Waals surface area contributed by atoms with E-state index in [1.807, 2.05) is 0 Å². The summed E-state index contributed by atoms with van der Waals surface area (Å²) in [5, 5.41) is 0. The van der Waals surface area contributed by atoms with Crippen LogP contribution in [-0.4, -0.2) is 5.97 Å². The Balaban J connectivity index is 2.73. The topological polar surface area (TPSA) is 26.3 Å². The number of hydrogen-bond acceptors (Lipinski definition) is 6. The predicted molar refractivity (Wildman–Crippen MR) is 83.8 cm³/mol. The lowest BCUT2D eigenvalue weighted by molar-refractivity contribution is 0.0475. The van der Waals surface area contributed by atoms with Crippen LogP contribution < -0.4 is 0 Å². The minimum absolute atomic E-state index is 0.397. The summed E-state index contributed by atoms with van der Waals surface area (Å²) in [7, 11) is 26.9. The Labute approximate surface area is 138 Å². The first-order valence-corrected chi connectivity index (χ1v) is 10.8. The second kappa shape index (κ2) is 6.35. The molecule has 0 saturated carbocycles. The molecule has 98 valence electrons. The molecule has 0 bridgehead atoms. The van der Waals surface area contributed by atoms with Gasteiger partial charge < -0.3 is 4.74 Å². The van der Waals surface area contributed by atoms with Crippen molar-refractivity contribution in [1.29, 1.82) is 0 Å². The molecule has 10 heteroatoms. The van der Waals surface area contributed by atoms with Crippen molar-refractivity contribution in [2.75, 3.05) is 0 Å². The van der Waals surface area contributed by atoms with Crippen LogP contribution in [0.1, 0.15) is 15.9 Å². The van der Waals surface area contributed by atoms with E-state index in [1.54, 1.807) is 12.1 Å². The molecule has 0 aliphatic carbocycles. The molecule has 0 radical (unpaired) electrons. The van der Waals surface area contributed by atoms with E-state index in [0.717, 1.165) is 48.8 Å². The molecule has 0 saturated heterocycles. The molecule has 1 heterocycles. The number of carbonyl (C=O) groups is 1. The standard InChI is InChI=1S/C8H2Cl4O2S4/c9-15-4-2-1-3-5(6(4)16-10)8(17-11,18-12)14-7(3)13/h1-2H. The Bertz CT molecular complexity index is 494. The Morgan fingerprint density at radius 1 is 1.06 bits per heavy atom. The first kappa shape index (κ1) is 15.6. The van der Waals surface area contributed by atoms with Crippen molar-refractivity contribution in [3.63, 3.8) is 0 Å². The van der Waals surface area contributed by atoms with Gasteiger partial charge in [0.25, 0.3) is 4.27 Å². The van der Waals surface area contributed by atoms with Gasteiger partial charge in [-0.3, -0.25) is 0 Å². The van der Waals surface area contributed by atoms with Crippen molar-refractivity contribution in [3.8, 4) is 0 Å². The van der Waals surface area contributed by atoms with Crippen LogP contribution in [0, 0.1) is 0 Å². The highest BCUT2D eigenvalue weighted by Gasteiger charge is 2.49. The number of fused-ring (bicyclic) bond motifs is 1. The van der Waals surface area contributed by atoms with Crippen molar-refractivity contribution in [2.45, 2.75) is 14.1 Å². The second-order valence-electron chi connectivity index (χ2n) is 3.07. The van der Waals surface area contributed by atoms with Crippen molar-refractivity contribution < 1.29 is 9.53 Å². The monoisotopic (exact) mass is 398 g/mol. The van der Waals surface area contributed by atoms with Gasteiger partial charge in [-0.15, -0.1) is 0 Å². The zero-order valence-electron chi connectivity index (χ0n) is 8.12. The van der Waals surface area contributed by atoms with E-state index < -0.39 is 10.2 Å². The van der Waals surface area contributed by atoms with Crippen LogP contribution in [0.4, 0.5) is 0 Å². The van der Waals surface area contributed by atoms with E-state index in [-0.39, 0.29) is 0 Å². The maximum absolute atomic E-state index is 11.8. The number of ether oxygens (including phenoxy) is 1. The molecule has 2 nitrogen and oxygen atoms in total. The maximum atomic E-state index is 11.8. The highest BCUT2D eigenvalue weighted by atomic mass is 35.7. The zero-order chi connectivity index (χ0) is 13.3. The summed E-state index contributed by atoms with van der Waals surface area (Å²) < 4.78 is 4.06. The van der Waals surface area contributed by atoms with Gasteiger partial charge in [-0.25, -0.2) is 4.79 Å². The maximum Gasteiger partial charge on any atom is 0.341 e. The van der Waals surface area contributed by atoms with Crippen LogP contribution in [0.2, 0.25) is 0 Å². The Hall–Kier alpha value is 1.25. The first-order chi connectivity index (χ1) is 8.63. The molecule has 1 aliphatic heterocycles. The highest BCUT2D eigenvalue weighted by Crippen LogP contribution is 2.59. The fourth-order valence-electron chi connectivity index (χ4n) is 1.52. The lowest BCUT2D eigenvalue weighted by Gasteiger charge is -2.22. The van der Waals surface area contributed by atoms with E-state index in [2.05, 4.69) is 0 Å². The summed E-state index contributed by atoms with van der Waals surface area (Å²) in [5.41, 5.74) is 0.951. The van der Waals surface area contributed by atoms with Crippen LogP contribution in [0.3, 0.4) is 0 Å². The zero-order valence-corrected chi connectivity index (χ0v) is 14.4. The van der Waals surface area contributed by atoms with Gasteiger partial charge in [-0.05, 0) is 76.8 Å². The van der Waals surface area contributed by atoms with Crippen LogP contribution in [0.5, 0.6) is 0 Å². The predicted octanol–water partition coefficient (Wildman–Crippen LogP) is 6.23. The lowest BCUT2D eigenvalue weighted by Crippen LogP contribution is -2.14. The highest BCUT2D eigenvalue weighted by molar-refractivity contribution is 8.36. The number of benzene rings is 1. The SMILES string of the molecule is O=C1OC(SCl)(SCl)c2c1ccc(SCl)c2SCl. The van der Waals surface area contributed by atoms with E-state index in [4.69, 9.17) is 47.5 Å². The molecule has 1 aromatic carbocycles. The van der Waals surface area contributed by atoms with Crippen LogP contribution in [0.15, 0.2) is 21.9 Å². The van der Waals surface area contributed by atoms with Crippen molar-refractivity contribution in [2.24, 2.45) is 0 Å². The number of carbonyl (C=O) groups excluding carboxylic acids is 1. The van der Waals surface area contributed by atoms with Gasteiger partial charge in [-0.2, -0.15) is 0 Å². The number of halogens is 4. The van der Waals surface area contributed by atoms with Crippen LogP contribution >= 0.6 is 86.6 Å². The Morgan fingerprint density at radius 3 is 2.22 bits per heavy atom. The normalized spacial score (nSPS) is 16.6. The molecule has 18 heavy (non-hydrogen) atoms. The van der Waals surface area contributed by atoms with E-state index in [1.165, 1.54) is 0 Å². The fraction of sp³-hybridized carbons (Fsp3) is 0.125. The third kappa shape index (κ3) is 2.44. The summed E-state index contributed by atoms with van der Waals surface area (Å²) in [4.78, 5) is 13.2. The number of cyclic esters (lactones) is 1. The molecule has 0 unspecified atom stereocenters. The Kier molecular flexibility index (Phi) is 5.51. The minimum atomic E-state index is -1.20. The van der Waals surface area contributed by atoms with Crippen LogP contribution in [0.25, 0.3) is 0 Å². The van der Waals surface area contributed by atoms with Crippen LogP contribution in [-0.2, 0) is 9.00 Å². The van der Waals surface area contributed by atoms with Gasteiger partial charge in [0.15, 0.2) is 0 Å². The first-order valence-electron chi connectivity index (χ1n) is 4.21. The van der Waals surface area contributed by atoms with Gasteiger partial charge in [0.1, 0.15) is 0 Å². The van der Waals surface area contributed by atoms with Gasteiger partial charge in [0.05, 0.1) is 5.56 Å². The molecule has 0 spiro atoms. The van der Waals surface area contributed by atoms with E-state index in [9.17, 15) is 4.79 Å². The quantitative estimate of drug-likeness (QED) is 0.439. The summed E-state index contributed by atoms with van der Waals surface area (Å²) in [6.07, 6.45) is 0. The molecule has 1 aliphatic rings. The smallest absolute Gasteiger partial charge is 0.341 e. The number of hydrogen-bond donors (Lipinski definition) is 0. The molecule has 2 rings (SSSR count). The van der Waals surface area contributed by atoms with Crippen molar-refractivity contribution in [3.05, 3.63) is 23.3 Å². The van der Waals surface area contributed by atoms with Crippen molar-refractivity contribution in [1.82, 2.24) is 0 Å². The minimum Gasteiger partial charge on any atom is -0.428 e. The molecule has 0 amide bonds. The lowest BCUT2D eigenvalue weighted by atomic mass is 10.1. The summed E-state index contributed by atoms with van der Waals surface area (Å²) in [6, 6.07) is 3.33. The average Bonchev–Trinajstić information content (AvgIpc) is 2.71. The van der Waals surface area contributed by atoms with Gasteiger partial charge in [0.2, 0.25) is 0 Å². The van der Waals surface area contributed by atoms with Crippen molar-refractivity contribution >= 4 is 92.6 Å². The third-order valence-electron chi connectivity index (χ3n) is 2.24. The van der Waals surface area contributed by atoms with Gasteiger partial charge in [-0.1, -0.05) is 0 Å². The molecule has 0 atom stereocenters. The number of esters is 1. The van der Waals surface area contributed by atoms with E-state index >= 15 is 0 Å². The molecular formula is C8H2Cl4O2S4. The molecular weight excluding hydrogens is 398 g/mol. The third-order valence-corrected chi connectivity index (χ3v) is 7.75. The number of rotatable bonds is 4. The van der Waals surface area contributed by atoms with Gasteiger partial charge >= 0.3 is 5.97 Å². The molecule has 1 aromatic rings.